The zero-order chi connectivity index (χ0) is 34.0. The molecule has 5 heterocycles. The van der Waals surface area contributed by atoms with Crippen LogP contribution in [-0.2, 0) is 16.0 Å². The maximum atomic E-state index is 14.1. The molecule has 4 amide bonds. The highest BCUT2D eigenvalue weighted by atomic mass is 32.2. The number of carbonyl (C=O) groups is 3. The minimum absolute atomic E-state index is 0.0275. The van der Waals surface area contributed by atoms with Crippen LogP contribution in [0.4, 0.5) is 16.3 Å². The molecule has 0 saturated carbocycles. The van der Waals surface area contributed by atoms with Gasteiger partial charge in [0.1, 0.15) is 11.2 Å². The van der Waals surface area contributed by atoms with Gasteiger partial charge >= 0.3 is 6.03 Å². The predicted molar refractivity (Wildman–Crippen MR) is 193 cm³/mol. The molecule has 1 unspecified atom stereocenters. The van der Waals surface area contributed by atoms with Crippen molar-refractivity contribution in [2.24, 2.45) is 5.41 Å². The first-order chi connectivity index (χ1) is 23.0. The SMILES string of the molecule is CC(C)N1CCN(c2ncccc2C2S[C@@H](CC(=O)N3CCC(N4CCc5ccccc5NC4=O)CC3)C(=O)N2CCC(C)(C)C)CC1. The smallest absolute Gasteiger partial charge is 0.322 e. The van der Waals surface area contributed by atoms with Crippen molar-refractivity contribution in [3.05, 3.63) is 53.7 Å². The van der Waals surface area contributed by atoms with E-state index in [1.54, 1.807) is 11.8 Å². The molecule has 11 heteroatoms. The van der Waals surface area contributed by atoms with Crippen molar-refractivity contribution >= 4 is 41.1 Å². The van der Waals surface area contributed by atoms with Crippen molar-refractivity contribution in [2.45, 2.75) is 89.4 Å². The molecule has 10 nitrogen and oxygen atoms in total. The topological polar surface area (TPSA) is 92.3 Å². The number of para-hydroxylation sites is 1. The summed E-state index contributed by atoms with van der Waals surface area (Å²) in [6.07, 6.45) is 5.22. The van der Waals surface area contributed by atoms with E-state index in [4.69, 9.17) is 4.98 Å². The number of amides is 4. The van der Waals surface area contributed by atoms with Gasteiger partial charge in [0.05, 0.1) is 5.25 Å². The Bertz CT molecular complexity index is 1460. The van der Waals surface area contributed by atoms with Gasteiger partial charge in [-0.2, -0.15) is 0 Å². The number of hydrogen-bond acceptors (Lipinski definition) is 7. The lowest BCUT2D eigenvalue weighted by atomic mass is 9.92. The van der Waals surface area contributed by atoms with E-state index in [1.807, 2.05) is 45.2 Å². The van der Waals surface area contributed by atoms with Gasteiger partial charge in [0.2, 0.25) is 11.8 Å². The summed E-state index contributed by atoms with van der Waals surface area (Å²) in [6, 6.07) is 12.6. The summed E-state index contributed by atoms with van der Waals surface area (Å²) in [5, 5.41) is 2.47. The number of aromatic nitrogens is 1. The van der Waals surface area contributed by atoms with Gasteiger partial charge in [-0.15, -0.1) is 11.8 Å². The summed E-state index contributed by atoms with van der Waals surface area (Å²) in [6.45, 7) is 17.4. The minimum Gasteiger partial charge on any atom is -0.354 e. The number of rotatable bonds is 8. The van der Waals surface area contributed by atoms with Crippen molar-refractivity contribution in [3.63, 3.8) is 0 Å². The van der Waals surface area contributed by atoms with Crippen molar-refractivity contribution in [3.8, 4) is 0 Å². The maximum Gasteiger partial charge on any atom is 0.322 e. The van der Waals surface area contributed by atoms with Crippen LogP contribution in [0, 0.1) is 5.41 Å². The number of anilines is 2. The van der Waals surface area contributed by atoms with Crippen LogP contribution in [0.1, 0.15) is 76.8 Å². The van der Waals surface area contributed by atoms with E-state index < -0.39 is 5.25 Å². The van der Waals surface area contributed by atoms with Gasteiger partial charge in [0.25, 0.3) is 0 Å². The number of nitrogens with one attached hydrogen (secondary N) is 1. The van der Waals surface area contributed by atoms with Crippen LogP contribution >= 0.6 is 11.8 Å². The second kappa shape index (κ2) is 14.7. The number of nitrogens with zero attached hydrogens (tertiary/aromatic N) is 6. The number of piperazine rings is 1. The van der Waals surface area contributed by atoms with Gasteiger partial charge in [0, 0.05) is 88.3 Å². The van der Waals surface area contributed by atoms with Crippen LogP contribution in [0.5, 0.6) is 0 Å². The Morgan fingerprint density at radius 1 is 0.979 bits per heavy atom. The first-order valence-electron chi connectivity index (χ1n) is 17.8. The molecule has 4 aliphatic rings. The number of piperidine rings is 1. The maximum absolute atomic E-state index is 14.1. The second-order valence-electron chi connectivity index (χ2n) is 15.2. The second-order valence-corrected chi connectivity index (χ2v) is 16.5. The number of urea groups is 1. The fraction of sp³-hybridized carbons (Fsp3) is 0.622. The summed E-state index contributed by atoms with van der Waals surface area (Å²) < 4.78 is 0. The fourth-order valence-electron chi connectivity index (χ4n) is 7.42. The Labute approximate surface area is 290 Å². The molecule has 1 aromatic carbocycles. The van der Waals surface area contributed by atoms with E-state index in [2.05, 4.69) is 61.9 Å². The summed E-state index contributed by atoms with van der Waals surface area (Å²) in [5.41, 5.74) is 3.18. The average molecular weight is 676 g/mol. The van der Waals surface area contributed by atoms with E-state index in [1.165, 1.54) is 0 Å². The number of likely N-dealkylation sites (tertiary alicyclic amines) is 1. The molecule has 3 saturated heterocycles. The largest absolute Gasteiger partial charge is 0.354 e. The zero-order valence-electron chi connectivity index (χ0n) is 29.4. The molecule has 1 N–H and O–H groups in total. The van der Waals surface area contributed by atoms with Crippen LogP contribution in [0.25, 0.3) is 0 Å². The highest BCUT2D eigenvalue weighted by Crippen LogP contribution is 2.47. The molecule has 3 fully saturated rings. The summed E-state index contributed by atoms with van der Waals surface area (Å²) in [4.78, 5) is 56.5. The third kappa shape index (κ3) is 7.77. The van der Waals surface area contributed by atoms with Gasteiger partial charge < -0.3 is 24.9 Å². The van der Waals surface area contributed by atoms with Crippen molar-refractivity contribution in [2.75, 3.05) is 62.6 Å². The molecule has 0 radical (unpaired) electrons. The normalized spacial score (nSPS) is 23.0. The van der Waals surface area contributed by atoms with Crippen molar-refractivity contribution < 1.29 is 14.4 Å². The lowest BCUT2D eigenvalue weighted by molar-refractivity contribution is -0.137. The third-order valence-electron chi connectivity index (χ3n) is 10.4. The molecule has 6 rings (SSSR count). The Hall–Kier alpha value is -3.31. The van der Waals surface area contributed by atoms with E-state index in [0.717, 1.165) is 74.5 Å². The molecule has 1 aromatic heterocycles. The molecule has 2 atom stereocenters. The molecular weight excluding hydrogens is 623 g/mol. The fourth-order valence-corrected chi connectivity index (χ4v) is 8.91. The molecule has 0 spiro atoms. The summed E-state index contributed by atoms with van der Waals surface area (Å²) in [7, 11) is 0. The van der Waals surface area contributed by atoms with Gasteiger partial charge in [-0.25, -0.2) is 9.78 Å². The summed E-state index contributed by atoms with van der Waals surface area (Å²) in [5.74, 6) is 1.04. The number of thioether (sulfide) groups is 1. The first kappa shape index (κ1) is 34.5. The highest BCUT2D eigenvalue weighted by Gasteiger charge is 2.44. The first-order valence-corrected chi connectivity index (χ1v) is 18.8. The highest BCUT2D eigenvalue weighted by molar-refractivity contribution is 8.01. The number of benzene rings is 1. The van der Waals surface area contributed by atoms with Gasteiger partial charge in [0.15, 0.2) is 0 Å². The summed E-state index contributed by atoms with van der Waals surface area (Å²) >= 11 is 1.62. The molecule has 48 heavy (non-hydrogen) atoms. The molecular formula is C37H53N7O3S. The lowest BCUT2D eigenvalue weighted by Crippen LogP contribution is -2.50. The van der Waals surface area contributed by atoms with E-state index in [0.29, 0.717) is 32.2 Å². The lowest BCUT2D eigenvalue weighted by Gasteiger charge is -2.39. The van der Waals surface area contributed by atoms with E-state index >= 15 is 0 Å². The predicted octanol–water partition coefficient (Wildman–Crippen LogP) is 5.46. The Balaban J connectivity index is 1.11. The standard InChI is InChI=1S/C37H53N7O3S/c1-26(2)40-21-23-42(24-22-40)33-29(10-8-16-38-33)35-44(20-15-37(3,4)5)34(46)31(48-35)25-32(45)41-17-13-28(14-18-41)43-19-12-27-9-6-7-11-30(27)39-36(43)47/h6-11,16,26,28,31,35H,12-15,17-25H2,1-5H3,(H,39,47)/t31-,35?/m0/s1. The molecule has 0 bridgehead atoms. The number of pyridine rings is 1. The van der Waals surface area contributed by atoms with Gasteiger partial charge in [-0.3, -0.25) is 14.5 Å². The quantitative estimate of drug-likeness (QED) is 0.397. The van der Waals surface area contributed by atoms with Gasteiger partial charge in [-0.1, -0.05) is 45.0 Å². The Morgan fingerprint density at radius 3 is 2.42 bits per heavy atom. The van der Waals surface area contributed by atoms with Crippen LogP contribution < -0.4 is 10.2 Å². The number of fused-ring (bicyclic) bond motifs is 1. The molecule has 0 aliphatic carbocycles. The minimum atomic E-state index is -0.430. The van der Waals surface area contributed by atoms with Crippen molar-refractivity contribution in [1.29, 1.82) is 0 Å². The number of carbonyl (C=O) groups excluding carboxylic acids is 3. The van der Waals surface area contributed by atoms with E-state index in [-0.39, 0.29) is 41.1 Å². The average Bonchev–Trinajstić information content (AvgIpc) is 3.27. The number of hydrogen-bond donors (Lipinski definition) is 1. The van der Waals surface area contributed by atoms with Crippen LogP contribution in [0.15, 0.2) is 42.6 Å². The van der Waals surface area contributed by atoms with Gasteiger partial charge in [-0.05, 0) is 62.6 Å². The Morgan fingerprint density at radius 2 is 1.71 bits per heavy atom. The van der Waals surface area contributed by atoms with E-state index in [9.17, 15) is 14.4 Å². The molecule has 4 aliphatic heterocycles. The molecule has 260 valence electrons. The van der Waals surface area contributed by atoms with Crippen LogP contribution in [0.2, 0.25) is 0 Å². The Kier molecular flexibility index (Phi) is 10.6. The zero-order valence-corrected chi connectivity index (χ0v) is 30.2. The monoisotopic (exact) mass is 675 g/mol. The third-order valence-corrected chi connectivity index (χ3v) is 11.9. The van der Waals surface area contributed by atoms with Crippen molar-refractivity contribution in [1.82, 2.24) is 24.6 Å². The van der Waals surface area contributed by atoms with Crippen LogP contribution in [0.3, 0.4) is 0 Å². The van der Waals surface area contributed by atoms with Crippen LogP contribution in [-0.4, -0.2) is 112 Å². The molecule has 2 aromatic rings.